The fourth-order valence-electron chi connectivity index (χ4n) is 2.18. The van der Waals surface area contributed by atoms with E-state index in [2.05, 4.69) is 16.9 Å². The van der Waals surface area contributed by atoms with Crippen molar-refractivity contribution in [1.82, 2.24) is 10.2 Å². The largest absolute Gasteiger partial charge is 0.368 e. The minimum absolute atomic E-state index is 0.0151. The highest BCUT2D eigenvalue weighted by atomic mass is 16.2. The van der Waals surface area contributed by atoms with Gasteiger partial charge in [0.25, 0.3) is 0 Å². The van der Waals surface area contributed by atoms with E-state index in [0.717, 1.165) is 19.4 Å². The normalized spacial score (nSPS) is 23.1. The Balaban J connectivity index is 2.02. The number of nitrogens with zero attached hydrogens (tertiary/aromatic N) is 2. The number of ketones is 1. The number of rotatable bonds is 3. The molecule has 1 N–H and O–H groups in total. The van der Waals surface area contributed by atoms with Crippen molar-refractivity contribution in [3.05, 3.63) is 24.4 Å². The summed E-state index contributed by atoms with van der Waals surface area (Å²) in [5, 5.41) is 2.84. The molecule has 2 rings (SSSR count). The predicted octanol–water partition coefficient (Wildman–Crippen LogP) is -0.183. The number of allylic oxidation sites excluding steroid dienone is 1. The van der Waals surface area contributed by atoms with E-state index in [4.69, 9.17) is 0 Å². The molecule has 6 nitrogen and oxygen atoms in total. The lowest BCUT2D eigenvalue weighted by Crippen LogP contribution is -2.47. The molecule has 0 spiro atoms. The zero-order valence-electron chi connectivity index (χ0n) is 10.5. The van der Waals surface area contributed by atoms with Gasteiger partial charge in [0.05, 0.1) is 11.9 Å². The maximum atomic E-state index is 11.3. The molecule has 6 heteroatoms. The Labute approximate surface area is 110 Å². The number of nitrogens with one attached hydrogen (secondary N) is 1. The van der Waals surface area contributed by atoms with Crippen molar-refractivity contribution in [3.63, 3.8) is 0 Å². The highest BCUT2D eigenvalue weighted by Gasteiger charge is 2.24. The number of carbonyl (C=O) groups excluding carboxylic acids is 3. The summed E-state index contributed by atoms with van der Waals surface area (Å²) in [7, 11) is 0. The van der Waals surface area contributed by atoms with Crippen LogP contribution in [0.3, 0.4) is 0 Å². The molecule has 0 saturated carbocycles. The summed E-state index contributed by atoms with van der Waals surface area (Å²) in [6.45, 7) is 4.79. The third-order valence-corrected chi connectivity index (χ3v) is 3.12. The molecule has 100 valence electrons. The molecule has 1 atom stereocenters. The van der Waals surface area contributed by atoms with Crippen LogP contribution in [0, 0.1) is 0 Å². The van der Waals surface area contributed by atoms with Crippen molar-refractivity contribution >= 4 is 23.8 Å². The summed E-state index contributed by atoms with van der Waals surface area (Å²) in [6.07, 6.45) is 5.72. The maximum Gasteiger partial charge on any atom is 0.317 e. The first-order valence-electron chi connectivity index (χ1n) is 6.12. The lowest BCUT2D eigenvalue weighted by atomic mass is 10.0. The number of hydrogen-bond donors (Lipinski definition) is 1. The van der Waals surface area contributed by atoms with Gasteiger partial charge in [0.15, 0.2) is 0 Å². The Morgan fingerprint density at radius 3 is 3.00 bits per heavy atom. The van der Waals surface area contributed by atoms with Crippen LogP contribution in [0.1, 0.15) is 12.8 Å². The second-order valence-electron chi connectivity index (χ2n) is 4.49. The molecule has 2 amide bonds. The molecule has 0 aliphatic carbocycles. The van der Waals surface area contributed by atoms with Gasteiger partial charge < -0.3 is 10.2 Å². The molecule has 0 radical (unpaired) electrons. The van der Waals surface area contributed by atoms with E-state index in [9.17, 15) is 14.4 Å². The molecule has 2 heterocycles. The van der Waals surface area contributed by atoms with Gasteiger partial charge in [0.2, 0.25) is 11.7 Å². The van der Waals surface area contributed by atoms with Crippen LogP contribution in [0.4, 0.5) is 0 Å². The van der Waals surface area contributed by atoms with Gasteiger partial charge >= 0.3 is 5.91 Å². The highest BCUT2D eigenvalue weighted by Crippen LogP contribution is 2.16. The van der Waals surface area contributed by atoms with Crippen LogP contribution in [-0.2, 0) is 14.4 Å². The number of likely N-dealkylation sites (tertiary alicyclic amines) is 1. The lowest BCUT2D eigenvalue weighted by Gasteiger charge is -2.35. The van der Waals surface area contributed by atoms with Crippen LogP contribution in [-0.4, -0.2) is 47.8 Å². The van der Waals surface area contributed by atoms with E-state index in [0.29, 0.717) is 12.2 Å². The standard InChI is InChI=1S/C13H15N3O3/c1-2-12(18)15-9-4-3-5-16(8-9)10-6-11(17)13(19)14-7-10/h2,6-7,9H,1,3-5,8H2,(H,15,18)/t9-/m0/s1. The zero-order chi connectivity index (χ0) is 13.8. The summed E-state index contributed by atoms with van der Waals surface area (Å²) >= 11 is 0. The lowest BCUT2D eigenvalue weighted by molar-refractivity contribution is -0.133. The number of aliphatic imine (C=N–C) groups is 1. The highest BCUT2D eigenvalue weighted by molar-refractivity contribution is 6.44. The van der Waals surface area contributed by atoms with Crippen LogP contribution < -0.4 is 5.32 Å². The minimum atomic E-state index is -0.739. The average molecular weight is 261 g/mol. The van der Waals surface area contributed by atoms with Crippen LogP contribution >= 0.6 is 0 Å². The molecule has 1 saturated heterocycles. The Hall–Kier alpha value is -2.24. The van der Waals surface area contributed by atoms with Crippen molar-refractivity contribution in [3.8, 4) is 0 Å². The average Bonchev–Trinajstić information content (AvgIpc) is 2.42. The summed E-state index contributed by atoms with van der Waals surface area (Å²) in [6, 6.07) is 0.0151. The number of amides is 2. The predicted molar refractivity (Wildman–Crippen MR) is 69.5 cm³/mol. The van der Waals surface area contributed by atoms with Gasteiger partial charge in [0.1, 0.15) is 0 Å². The van der Waals surface area contributed by atoms with Crippen LogP contribution in [0.25, 0.3) is 0 Å². The van der Waals surface area contributed by atoms with Crippen LogP contribution in [0.5, 0.6) is 0 Å². The summed E-state index contributed by atoms with van der Waals surface area (Å²) in [4.78, 5) is 39.1. The molecule has 2 aliphatic rings. The van der Waals surface area contributed by atoms with Gasteiger partial charge in [-0.25, -0.2) is 4.99 Å². The van der Waals surface area contributed by atoms with E-state index in [1.807, 2.05) is 4.90 Å². The molecule has 19 heavy (non-hydrogen) atoms. The minimum Gasteiger partial charge on any atom is -0.368 e. The van der Waals surface area contributed by atoms with E-state index in [-0.39, 0.29) is 11.9 Å². The van der Waals surface area contributed by atoms with E-state index in [1.165, 1.54) is 18.4 Å². The number of carbonyl (C=O) groups is 3. The van der Waals surface area contributed by atoms with Crippen molar-refractivity contribution in [2.45, 2.75) is 18.9 Å². The topological polar surface area (TPSA) is 78.8 Å². The Morgan fingerprint density at radius 1 is 1.53 bits per heavy atom. The Kier molecular flexibility index (Phi) is 3.89. The van der Waals surface area contributed by atoms with Crippen LogP contribution in [0.2, 0.25) is 0 Å². The Bertz CT molecular complexity index is 493. The molecular weight excluding hydrogens is 246 g/mol. The quantitative estimate of drug-likeness (QED) is 0.564. The van der Waals surface area contributed by atoms with Crippen molar-refractivity contribution in [2.75, 3.05) is 13.1 Å². The van der Waals surface area contributed by atoms with E-state index >= 15 is 0 Å². The van der Waals surface area contributed by atoms with Gasteiger partial charge in [-0.15, -0.1) is 0 Å². The number of piperidine rings is 1. The molecule has 0 aromatic carbocycles. The van der Waals surface area contributed by atoms with Crippen LogP contribution in [0.15, 0.2) is 29.4 Å². The monoisotopic (exact) mass is 261 g/mol. The maximum absolute atomic E-state index is 11.3. The third kappa shape index (κ3) is 3.15. The van der Waals surface area contributed by atoms with Crippen molar-refractivity contribution in [2.24, 2.45) is 4.99 Å². The SMILES string of the molecule is C=CC(=O)N[C@H]1CCCN(C2=CC(=O)C(=O)N=C2)C1. The van der Waals surface area contributed by atoms with Crippen molar-refractivity contribution in [1.29, 1.82) is 0 Å². The first-order valence-corrected chi connectivity index (χ1v) is 6.12. The summed E-state index contributed by atoms with van der Waals surface area (Å²) in [5.41, 5.74) is 0.627. The number of hydrogen-bond acceptors (Lipinski definition) is 4. The molecule has 1 fully saturated rings. The Morgan fingerprint density at radius 2 is 2.32 bits per heavy atom. The third-order valence-electron chi connectivity index (χ3n) is 3.12. The van der Waals surface area contributed by atoms with Gasteiger partial charge in [-0.3, -0.25) is 14.4 Å². The first kappa shape index (κ1) is 13.2. The van der Waals surface area contributed by atoms with E-state index < -0.39 is 11.7 Å². The fourth-order valence-corrected chi connectivity index (χ4v) is 2.18. The molecule has 0 bridgehead atoms. The fraction of sp³-hybridized carbons (Fsp3) is 0.385. The van der Waals surface area contributed by atoms with Crippen molar-refractivity contribution < 1.29 is 14.4 Å². The van der Waals surface area contributed by atoms with Gasteiger partial charge in [-0.2, -0.15) is 0 Å². The summed E-state index contributed by atoms with van der Waals surface area (Å²) in [5.74, 6) is -1.54. The molecule has 0 unspecified atom stereocenters. The zero-order valence-corrected chi connectivity index (χ0v) is 10.5. The van der Waals surface area contributed by atoms with Gasteiger partial charge in [0, 0.05) is 25.2 Å². The summed E-state index contributed by atoms with van der Waals surface area (Å²) < 4.78 is 0. The second kappa shape index (κ2) is 5.60. The smallest absolute Gasteiger partial charge is 0.317 e. The number of dihydropyridines is 1. The molecule has 0 aromatic heterocycles. The second-order valence-corrected chi connectivity index (χ2v) is 4.49. The van der Waals surface area contributed by atoms with Gasteiger partial charge in [-0.1, -0.05) is 6.58 Å². The van der Waals surface area contributed by atoms with Gasteiger partial charge in [-0.05, 0) is 18.9 Å². The molecular formula is C13H15N3O3. The van der Waals surface area contributed by atoms with E-state index in [1.54, 1.807) is 0 Å². The molecule has 0 aromatic rings. The molecule has 2 aliphatic heterocycles. The first-order chi connectivity index (χ1) is 9.10.